The van der Waals surface area contributed by atoms with Crippen LogP contribution in [0.3, 0.4) is 0 Å². The number of nitro benzene ring substituents is 1. The summed E-state index contributed by atoms with van der Waals surface area (Å²) < 4.78 is 0. The summed E-state index contributed by atoms with van der Waals surface area (Å²) in [6, 6.07) is 5.02. The van der Waals surface area contributed by atoms with Gasteiger partial charge in [0.15, 0.2) is 0 Å². The lowest BCUT2D eigenvalue weighted by atomic mass is 9.93. The van der Waals surface area contributed by atoms with Gasteiger partial charge in [-0.3, -0.25) is 14.9 Å². The van der Waals surface area contributed by atoms with Gasteiger partial charge >= 0.3 is 0 Å². The maximum Gasteiger partial charge on any atom is 0.273 e. The predicted molar refractivity (Wildman–Crippen MR) is 81.4 cm³/mol. The number of carbonyl (C=O) groups is 1. The second-order valence-electron chi connectivity index (χ2n) is 5.64. The SMILES string of the molecule is CCN(C(=O)c1ccc(C)c([N+](=O)[O-])c1)C1CCCCC1. The molecular weight excluding hydrogens is 268 g/mol. The third-order valence-corrected chi connectivity index (χ3v) is 4.27. The van der Waals surface area contributed by atoms with Crippen molar-refractivity contribution in [3.8, 4) is 0 Å². The lowest BCUT2D eigenvalue weighted by Crippen LogP contribution is -2.41. The van der Waals surface area contributed by atoms with E-state index in [2.05, 4.69) is 0 Å². The maximum absolute atomic E-state index is 12.7. The fourth-order valence-electron chi connectivity index (χ4n) is 3.07. The van der Waals surface area contributed by atoms with Gasteiger partial charge in [0.1, 0.15) is 0 Å². The average Bonchev–Trinajstić information content (AvgIpc) is 2.49. The Bertz CT molecular complexity index is 536. The van der Waals surface area contributed by atoms with Crippen LogP contribution in [0.1, 0.15) is 54.9 Å². The van der Waals surface area contributed by atoms with E-state index in [0.717, 1.165) is 25.7 Å². The Morgan fingerprint density at radius 2 is 2.00 bits per heavy atom. The smallest absolute Gasteiger partial charge is 0.273 e. The van der Waals surface area contributed by atoms with Gasteiger partial charge < -0.3 is 4.90 Å². The zero-order valence-corrected chi connectivity index (χ0v) is 12.7. The number of carbonyl (C=O) groups excluding carboxylic acids is 1. The van der Waals surface area contributed by atoms with Crippen LogP contribution in [-0.4, -0.2) is 28.3 Å². The van der Waals surface area contributed by atoms with E-state index in [9.17, 15) is 14.9 Å². The molecule has 0 unspecified atom stereocenters. The minimum Gasteiger partial charge on any atom is -0.336 e. The standard InChI is InChI=1S/C16H22N2O3/c1-3-17(14-7-5-4-6-8-14)16(19)13-10-9-12(2)15(11-13)18(20)21/h9-11,14H,3-8H2,1-2H3. The van der Waals surface area contributed by atoms with E-state index in [1.807, 2.05) is 11.8 Å². The van der Waals surface area contributed by atoms with Crippen LogP contribution in [0.2, 0.25) is 0 Å². The van der Waals surface area contributed by atoms with Crippen LogP contribution in [0.5, 0.6) is 0 Å². The molecule has 0 N–H and O–H groups in total. The monoisotopic (exact) mass is 290 g/mol. The molecule has 1 aromatic rings. The highest BCUT2D eigenvalue weighted by Gasteiger charge is 2.26. The van der Waals surface area contributed by atoms with Gasteiger partial charge in [0.2, 0.25) is 0 Å². The van der Waals surface area contributed by atoms with Crippen LogP contribution in [0.25, 0.3) is 0 Å². The van der Waals surface area contributed by atoms with E-state index < -0.39 is 4.92 Å². The summed E-state index contributed by atoms with van der Waals surface area (Å²) in [5, 5.41) is 11.0. The Morgan fingerprint density at radius 1 is 1.33 bits per heavy atom. The van der Waals surface area contributed by atoms with Crippen LogP contribution in [0, 0.1) is 17.0 Å². The van der Waals surface area contributed by atoms with E-state index >= 15 is 0 Å². The third kappa shape index (κ3) is 3.40. The molecule has 1 aliphatic rings. The van der Waals surface area contributed by atoms with Crippen LogP contribution in [0.15, 0.2) is 18.2 Å². The second kappa shape index (κ2) is 6.70. The molecule has 1 amide bonds. The number of aryl methyl sites for hydroxylation is 1. The third-order valence-electron chi connectivity index (χ3n) is 4.27. The van der Waals surface area contributed by atoms with Crippen LogP contribution < -0.4 is 0 Å². The number of benzene rings is 1. The number of nitro groups is 1. The number of rotatable bonds is 4. The van der Waals surface area contributed by atoms with Gasteiger partial charge in [-0.1, -0.05) is 25.3 Å². The average molecular weight is 290 g/mol. The fraction of sp³-hybridized carbons (Fsp3) is 0.562. The van der Waals surface area contributed by atoms with E-state index in [-0.39, 0.29) is 17.6 Å². The highest BCUT2D eigenvalue weighted by Crippen LogP contribution is 2.25. The molecule has 21 heavy (non-hydrogen) atoms. The molecule has 2 rings (SSSR count). The molecule has 5 nitrogen and oxygen atoms in total. The Labute approximate surface area is 125 Å². The molecule has 5 heteroatoms. The molecule has 1 saturated carbocycles. The molecule has 1 aliphatic carbocycles. The Balaban J connectivity index is 2.24. The van der Waals surface area contributed by atoms with Gasteiger partial charge in [0.25, 0.3) is 11.6 Å². The molecule has 0 saturated heterocycles. The molecule has 0 bridgehead atoms. The van der Waals surface area contributed by atoms with Crippen molar-refractivity contribution in [1.82, 2.24) is 4.90 Å². The van der Waals surface area contributed by atoms with Crippen molar-refractivity contribution in [2.45, 2.75) is 52.0 Å². The molecule has 0 spiro atoms. The summed E-state index contributed by atoms with van der Waals surface area (Å²) in [5.74, 6) is -0.0903. The van der Waals surface area contributed by atoms with Crippen molar-refractivity contribution in [3.63, 3.8) is 0 Å². The quantitative estimate of drug-likeness (QED) is 0.627. The lowest BCUT2D eigenvalue weighted by molar-refractivity contribution is -0.385. The summed E-state index contributed by atoms with van der Waals surface area (Å²) in [7, 11) is 0. The van der Waals surface area contributed by atoms with Crippen LogP contribution in [-0.2, 0) is 0 Å². The molecule has 114 valence electrons. The van der Waals surface area contributed by atoms with Gasteiger partial charge in [-0.15, -0.1) is 0 Å². The summed E-state index contributed by atoms with van der Waals surface area (Å²) in [4.78, 5) is 25.1. The predicted octanol–water partition coefficient (Wildman–Crippen LogP) is 3.70. The van der Waals surface area contributed by atoms with Crippen LogP contribution >= 0.6 is 0 Å². The van der Waals surface area contributed by atoms with E-state index in [4.69, 9.17) is 0 Å². The molecule has 0 aliphatic heterocycles. The van der Waals surface area contributed by atoms with Crippen molar-refractivity contribution in [1.29, 1.82) is 0 Å². The molecule has 0 heterocycles. The first-order valence-electron chi connectivity index (χ1n) is 7.60. The molecule has 0 atom stereocenters. The zero-order chi connectivity index (χ0) is 15.4. The van der Waals surface area contributed by atoms with Gasteiger partial charge in [-0.2, -0.15) is 0 Å². The Kier molecular flexibility index (Phi) is 4.94. The zero-order valence-electron chi connectivity index (χ0n) is 12.7. The fourth-order valence-corrected chi connectivity index (χ4v) is 3.07. The van der Waals surface area contributed by atoms with Crippen molar-refractivity contribution >= 4 is 11.6 Å². The molecule has 0 radical (unpaired) electrons. The number of nitrogens with zero attached hydrogens (tertiary/aromatic N) is 2. The van der Waals surface area contributed by atoms with Gasteiger partial charge in [-0.05, 0) is 32.8 Å². The minimum atomic E-state index is -0.428. The second-order valence-corrected chi connectivity index (χ2v) is 5.64. The van der Waals surface area contributed by atoms with Crippen LogP contribution in [0.4, 0.5) is 5.69 Å². The van der Waals surface area contributed by atoms with Crippen molar-refractivity contribution in [2.24, 2.45) is 0 Å². The lowest BCUT2D eigenvalue weighted by Gasteiger charge is -2.33. The summed E-state index contributed by atoms with van der Waals surface area (Å²) in [5.41, 5.74) is 1.01. The highest BCUT2D eigenvalue weighted by atomic mass is 16.6. The van der Waals surface area contributed by atoms with Crippen molar-refractivity contribution in [2.75, 3.05) is 6.54 Å². The first-order valence-corrected chi connectivity index (χ1v) is 7.60. The number of hydrogen-bond acceptors (Lipinski definition) is 3. The topological polar surface area (TPSA) is 63.5 Å². The summed E-state index contributed by atoms with van der Waals surface area (Å²) in [6.07, 6.45) is 5.62. The Morgan fingerprint density at radius 3 is 2.57 bits per heavy atom. The molecular formula is C16H22N2O3. The van der Waals surface area contributed by atoms with Gasteiger partial charge in [-0.25, -0.2) is 0 Å². The Hall–Kier alpha value is -1.91. The number of hydrogen-bond donors (Lipinski definition) is 0. The van der Waals surface area contributed by atoms with E-state index in [0.29, 0.717) is 17.7 Å². The van der Waals surface area contributed by atoms with Gasteiger partial charge in [0.05, 0.1) is 4.92 Å². The van der Waals surface area contributed by atoms with Crippen molar-refractivity contribution < 1.29 is 9.72 Å². The normalized spacial score (nSPS) is 15.7. The first kappa shape index (κ1) is 15.5. The van der Waals surface area contributed by atoms with Crippen molar-refractivity contribution in [3.05, 3.63) is 39.4 Å². The van der Waals surface area contributed by atoms with Gasteiger partial charge in [0, 0.05) is 29.8 Å². The maximum atomic E-state index is 12.7. The molecule has 1 aromatic carbocycles. The highest BCUT2D eigenvalue weighted by molar-refractivity contribution is 5.95. The summed E-state index contributed by atoms with van der Waals surface area (Å²) in [6.45, 7) is 4.30. The number of amides is 1. The summed E-state index contributed by atoms with van der Waals surface area (Å²) >= 11 is 0. The molecule has 1 fully saturated rings. The molecule has 0 aromatic heterocycles. The minimum absolute atomic E-state index is 0.0144. The van der Waals surface area contributed by atoms with E-state index in [1.165, 1.54) is 12.5 Å². The van der Waals surface area contributed by atoms with E-state index in [1.54, 1.807) is 19.1 Å². The largest absolute Gasteiger partial charge is 0.336 e. The first-order chi connectivity index (χ1) is 10.0.